The summed E-state index contributed by atoms with van der Waals surface area (Å²) in [6.07, 6.45) is -4.50. The summed E-state index contributed by atoms with van der Waals surface area (Å²) in [6.45, 7) is 1.37. The van der Waals surface area contributed by atoms with Crippen LogP contribution in [0.25, 0.3) is 5.70 Å². The van der Waals surface area contributed by atoms with Crippen molar-refractivity contribution in [1.82, 2.24) is 10.6 Å². The zero-order valence-corrected chi connectivity index (χ0v) is 12.1. The van der Waals surface area contributed by atoms with Gasteiger partial charge in [-0.2, -0.15) is 13.2 Å². The molecule has 1 aliphatic rings. The van der Waals surface area contributed by atoms with E-state index in [0.717, 1.165) is 6.07 Å². The molecule has 0 spiro atoms. The van der Waals surface area contributed by atoms with Crippen molar-refractivity contribution in [1.29, 1.82) is 0 Å². The predicted molar refractivity (Wildman–Crippen MR) is 74.3 cm³/mol. The summed E-state index contributed by atoms with van der Waals surface area (Å²) in [4.78, 5) is 11.0. The monoisotopic (exact) mass is 318 g/mol. The maximum atomic E-state index is 13.0. The minimum atomic E-state index is -4.50. The summed E-state index contributed by atoms with van der Waals surface area (Å²) in [7, 11) is 1.19. The van der Waals surface area contributed by atoms with Crippen molar-refractivity contribution in [2.24, 2.45) is 0 Å². The Labute approximate surface area is 123 Å². The molecule has 2 rings (SSSR count). The van der Waals surface area contributed by atoms with Crippen LogP contribution in [0.5, 0.6) is 5.75 Å². The Bertz CT molecular complexity index is 587. The highest BCUT2D eigenvalue weighted by atomic mass is 32.2. The molecule has 1 aromatic carbocycles. The van der Waals surface area contributed by atoms with E-state index < -0.39 is 11.7 Å². The van der Waals surface area contributed by atoms with E-state index >= 15 is 0 Å². The van der Waals surface area contributed by atoms with E-state index in [-0.39, 0.29) is 17.2 Å². The van der Waals surface area contributed by atoms with E-state index in [1.54, 1.807) is 5.41 Å². The van der Waals surface area contributed by atoms with Gasteiger partial charge in [-0.1, -0.05) is 11.8 Å². The van der Waals surface area contributed by atoms with E-state index in [4.69, 9.17) is 4.74 Å². The molecule has 114 valence electrons. The second-order valence-corrected chi connectivity index (χ2v) is 5.28. The molecule has 0 bridgehead atoms. The Hall–Kier alpha value is -1.83. The van der Waals surface area contributed by atoms with Crippen LogP contribution >= 0.6 is 11.8 Å². The average Bonchev–Trinajstić information content (AvgIpc) is 2.84. The zero-order valence-electron chi connectivity index (χ0n) is 11.2. The third-order valence-corrected chi connectivity index (χ3v) is 3.64. The number of thioether (sulfide) groups is 1. The minimum absolute atomic E-state index is 0.222. The Morgan fingerprint density at radius 1 is 1.43 bits per heavy atom. The number of carbonyl (C=O) groups excluding carboxylic acids is 1. The number of benzene rings is 1. The molecule has 1 atom stereocenters. The second-order valence-electron chi connectivity index (χ2n) is 4.31. The van der Waals surface area contributed by atoms with Gasteiger partial charge in [-0.05, 0) is 29.2 Å². The third kappa shape index (κ3) is 3.63. The molecule has 8 heteroatoms. The molecule has 2 N–H and O–H groups in total. The van der Waals surface area contributed by atoms with E-state index in [9.17, 15) is 18.0 Å². The molecule has 0 aliphatic carbocycles. The number of methoxy groups -OCH3 is 1. The molecule has 1 amide bonds. The first-order valence-electron chi connectivity index (χ1n) is 5.96. The summed E-state index contributed by atoms with van der Waals surface area (Å²) in [6, 6.07) is 3.83. The number of carbonyl (C=O) groups is 1. The highest BCUT2D eigenvalue weighted by Gasteiger charge is 2.35. The lowest BCUT2D eigenvalue weighted by Gasteiger charge is -2.16. The summed E-state index contributed by atoms with van der Waals surface area (Å²) < 4.78 is 43.6. The summed E-state index contributed by atoms with van der Waals surface area (Å²) in [5.41, 5.74) is -0.317. The summed E-state index contributed by atoms with van der Waals surface area (Å²) in [5.74, 6) is -0.448. The van der Waals surface area contributed by atoms with Gasteiger partial charge in [0.1, 0.15) is 5.75 Å². The third-order valence-electron chi connectivity index (χ3n) is 2.76. The Morgan fingerprint density at radius 3 is 2.71 bits per heavy atom. The fraction of sp³-hybridized carbons (Fsp3) is 0.308. The van der Waals surface area contributed by atoms with Crippen LogP contribution in [-0.4, -0.2) is 18.5 Å². The smallest absolute Gasteiger partial charge is 0.419 e. The Balaban J connectivity index is 2.24. The first-order valence-corrected chi connectivity index (χ1v) is 6.90. The van der Waals surface area contributed by atoms with E-state index in [1.165, 1.54) is 37.9 Å². The standard InChI is InChI=1S/C13H13F3N2O2S/c1-7(19)17-12-18-10(6-21-12)8-3-4-11(20-2)9(5-8)13(14,15)16/h3-6,12,18H,1-2H3,(H,17,19). The van der Waals surface area contributed by atoms with Gasteiger partial charge in [0.2, 0.25) is 5.91 Å². The van der Waals surface area contributed by atoms with Gasteiger partial charge in [0.15, 0.2) is 5.50 Å². The number of hydrogen-bond acceptors (Lipinski definition) is 4. The first kappa shape index (κ1) is 15.6. The average molecular weight is 318 g/mol. The topological polar surface area (TPSA) is 50.4 Å². The van der Waals surface area contributed by atoms with Gasteiger partial charge in [-0.25, -0.2) is 0 Å². The maximum absolute atomic E-state index is 13.0. The number of rotatable bonds is 3. The molecule has 21 heavy (non-hydrogen) atoms. The van der Waals surface area contributed by atoms with Crippen molar-refractivity contribution in [3.8, 4) is 5.75 Å². The van der Waals surface area contributed by atoms with Crippen molar-refractivity contribution in [2.75, 3.05) is 7.11 Å². The van der Waals surface area contributed by atoms with Gasteiger partial charge < -0.3 is 15.4 Å². The predicted octanol–water partition coefficient (Wildman–Crippen LogP) is 2.77. The van der Waals surface area contributed by atoms with Crippen LogP contribution in [-0.2, 0) is 11.0 Å². The van der Waals surface area contributed by atoms with Crippen LogP contribution in [0.3, 0.4) is 0 Å². The van der Waals surface area contributed by atoms with E-state index in [1.807, 2.05) is 0 Å². The lowest BCUT2D eigenvalue weighted by Crippen LogP contribution is -2.38. The van der Waals surface area contributed by atoms with Crippen LogP contribution in [0.1, 0.15) is 18.1 Å². The van der Waals surface area contributed by atoms with Crippen molar-refractivity contribution >= 4 is 23.4 Å². The van der Waals surface area contributed by atoms with Crippen molar-refractivity contribution in [2.45, 2.75) is 18.6 Å². The van der Waals surface area contributed by atoms with Crippen LogP contribution in [0.2, 0.25) is 0 Å². The maximum Gasteiger partial charge on any atom is 0.419 e. The highest BCUT2D eigenvalue weighted by Crippen LogP contribution is 2.38. The lowest BCUT2D eigenvalue weighted by molar-refractivity contribution is -0.138. The summed E-state index contributed by atoms with van der Waals surface area (Å²) in [5, 5.41) is 7.23. The molecular formula is C13H13F3N2O2S. The van der Waals surface area contributed by atoms with Crippen molar-refractivity contribution < 1.29 is 22.7 Å². The van der Waals surface area contributed by atoms with Crippen LogP contribution in [0.15, 0.2) is 23.6 Å². The van der Waals surface area contributed by atoms with Crippen LogP contribution in [0, 0.1) is 0 Å². The quantitative estimate of drug-likeness (QED) is 0.900. The lowest BCUT2D eigenvalue weighted by atomic mass is 10.1. The normalized spacial score (nSPS) is 18.0. The van der Waals surface area contributed by atoms with Gasteiger partial charge in [-0.3, -0.25) is 4.79 Å². The van der Waals surface area contributed by atoms with Gasteiger partial charge in [0, 0.05) is 6.92 Å². The molecule has 0 aromatic heterocycles. The Kier molecular flexibility index (Phi) is 4.36. The van der Waals surface area contributed by atoms with Gasteiger partial charge in [0.25, 0.3) is 0 Å². The largest absolute Gasteiger partial charge is 0.496 e. The Morgan fingerprint density at radius 2 is 2.14 bits per heavy atom. The SMILES string of the molecule is COc1ccc(C2=CSC(NC(C)=O)N2)cc1C(F)(F)F. The first-order chi connectivity index (χ1) is 9.81. The number of amides is 1. The molecule has 1 aliphatic heterocycles. The van der Waals surface area contributed by atoms with E-state index in [2.05, 4.69) is 10.6 Å². The molecular weight excluding hydrogens is 305 g/mol. The highest BCUT2D eigenvalue weighted by molar-refractivity contribution is 8.03. The second kappa shape index (κ2) is 5.88. The molecule has 0 radical (unpaired) electrons. The van der Waals surface area contributed by atoms with Crippen LogP contribution < -0.4 is 15.4 Å². The van der Waals surface area contributed by atoms with Crippen molar-refractivity contribution in [3.63, 3.8) is 0 Å². The summed E-state index contributed by atoms with van der Waals surface area (Å²) >= 11 is 1.28. The fourth-order valence-corrected chi connectivity index (χ4v) is 2.75. The number of alkyl halides is 3. The number of nitrogens with one attached hydrogen (secondary N) is 2. The molecule has 0 saturated heterocycles. The molecule has 1 heterocycles. The van der Waals surface area contributed by atoms with Crippen LogP contribution in [0.4, 0.5) is 13.2 Å². The number of hydrogen-bond donors (Lipinski definition) is 2. The fourth-order valence-electron chi connectivity index (χ4n) is 1.85. The minimum Gasteiger partial charge on any atom is -0.496 e. The van der Waals surface area contributed by atoms with Gasteiger partial charge >= 0.3 is 6.18 Å². The van der Waals surface area contributed by atoms with Gasteiger partial charge in [0.05, 0.1) is 18.4 Å². The molecule has 1 unspecified atom stereocenters. The molecule has 0 fully saturated rings. The van der Waals surface area contributed by atoms with Crippen molar-refractivity contribution in [3.05, 3.63) is 34.7 Å². The zero-order chi connectivity index (χ0) is 15.6. The number of halogens is 3. The van der Waals surface area contributed by atoms with Gasteiger partial charge in [-0.15, -0.1) is 0 Å². The molecule has 0 saturated carbocycles. The van der Waals surface area contributed by atoms with E-state index in [0.29, 0.717) is 11.3 Å². The molecule has 1 aromatic rings. The number of ether oxygens (including phenoxy) is 1. The molecule has 4 nitrogen and oxygen atoms in total.